The van der Waals surface area contributed by atoms with Gasteiger partial charge in [0.05, 0.1) is 0 Å². The minimum atomic E-state index is 0.955. The van der Waals surface area contributed by atoms with Gasteiger partial charge in [-0.2, -0.15) is 0 Å². The lowest BCUT2D eigenvalue weighted by Gasteiger charge is -2.19. The summed E-state index contributed by atoms with van der Waals surface area (Å²) in [4.78, 5) is 0. The molecule has 0 saturated heterocycles. The van der Waals surface area contributed by atoms with Crippen LogP contribution in [-0.2, 0) is 0 Å². The summed E-state index contributed by atoms with van der Waals surface area (Å²) in [6, 6.07) is 0. The minimum absolute atomic E-state index is 0.955. The van der Waals surface area contributed by atoms with Gasteiger partial charge in [0.15, 0.2) is 0 Å². The molecule has 1 rings (SSSR count). The Bertz CT molecular complexity index is 126. The van der Waals surface area contributed by atoms with Crippen molar-refractivity contribution in [3.63, 3.8) is 0 Å². The number of hydrogen-bond acceptors (Lipinski definition) is 0. The van der Waals surface area contributed by atoms with Gasteiger partial charge in [-0.05, 0) is 30.1 Å². The highest BCUT2D eigenvalue weighted by molar-refractivity contribution is 4.90. The van der Waals surface area contributed by atoms with Crippen molar-refractivity contribution in [1.29, 1.82) is 0 Å². The molecule has 4 atom stereocenters. The van der Waals surface area contributed by atoms with Gasteiger partial charge < -0.3 is 0 Å². The molecular formula is C12H24. The molecule has 72 valence electrons. The van der Waals surface area contributed by atoms with E-state index in [1.165, 1.54) is 25.7 Å². The highest BCUT2D eigenvalue weighted by Gasteiger charge is 2.40. The highest BCUT2D eigenvalue weighted by Crippen LogP contribution is 2.49. The summed E-state index contributed by atoms with van der Waals surface area (Å²) in [5.41, 5.74) is 0. The van der Waals surface area contributed by atoms with Gasteiger partial charge >= 0.3 is 0 Å². The normalized spacial score (nSPS) is 33.0. The molecule has 1 fully saturated rings. The smallest absolute Gasteiger partial charge is 0.0355 e. The van der Waals surface area contributed by atoms with Gasteiger partial charge in [-0.3, -0.25) is 0 Å². The predicted molar refractivity (Wildman–Crippen MR) is 55.1 cm³/mol. The summed E-state index contributed by atoms with van der Waals surface area (Å²) in [7, 11) is 0. The van der Waals surface area contributed by atoms with Gasteiger partial charge in [-0.25, -0.2) is 0 Å². The molecule has 0 aromatic carbocycles. The fourth-order valence-electron chi connectivity index (χ4n) is 2.52. The van der Waals surface area contributed by atoms with Crippen LogP contribution in [0.3, 0.4) is 0 Å². The first kappa shape index (κ1) is 10.1. The fraction of sp³-hybridized carbons (Fsp3) is 1.00. The Morgan fingerprint density at radius 3 is 2.33 bits per heavy atom. The van der Waals surface area contributed by atoms with E-state index in [9.17, 15) is 0 Å². The predicted octanol–water partition coefficient (Wildman–Crippen LogP) is 4.10. The van der Waals surface area contributed by atoms with Crippen LogP contribution < -0.4 is 0 Å². The molecule has 0 spiro atoms. The maximum atomic E-state index is 2.46. The highest BCUT2D eigenvalue weighted by atomic mass is 14.5. The third-order valence-electron chi connectivity index (χ3n) is 3.82. The Morgan fingerprint density at radius 1 is 1.25 bits per heavy atom. The van der Waals surface area contributed by atoms with Gasteiger partial charge in [0.2, 0.25) is 0 Å². The lowest BCUT2D eigenvalue weighted by molar-refractivity contribution is 0.310. The third-order valence-corrected chi connectivity index (χ3v) is 3.82. The Labute approximate surface area is 77.7 Å². The second kappa shape index (κ2) is 4.30. The number of hydrogen-bond donors (Lipinski definition) is 0. The van der Waals surface area contributed by atoms with E-state index in [0.29, 0.717) is 0 Å². The van der Waals surface area contributed by atoms with Crippen molar-refractivity contribution < 1.29 is 0 Å². The van der Waals surface area contributed by atoms with Crippen molar-refractivity contribution in [2.24, 2.45) is 23.7 Å². The van der Waals surface area contributed by atoms with E-state index in [-0.39, 0.29) is 0 Å². The minimum Gasteiger partial charge on any atom is -0.0654 e. The van der Waals surface area contributed by atoms with E-state index in [2.05, 4.69) is 27.7 Å². The molecule has 0 nitrogen and oxygen atoms in total. The molecule has 1 aliphatic carbocycles. The van der Waals surface area contributed by atoms with Crippen molar-refractivity contribution >= 4 is 0 Å². The summed E-state index contributed by atoms with van der Waals surface area (Å²) in [5.74, 6) is 4.10. The van der Waals surface area contributed by atoms with Crippen LogP contribution in [0, 0.1) is 23.7 Å². The van der Waals surface area contributed by atoms with Crippen molar-refractivity contribution in [2.75, 3.05) is 0 Å². The van der Waals surface area contributed by atoms with Crippen LogP contribution in [0.2, 0.25) is 0 Å². The van der Waals surface area contributed by atoms with E-state index in [1.54, 1.807) is 0 Å². The molecule has 1 saturated carbocycles. The van der Waals surface area contributed by atoms with Crippen LogP contribution in [0.1, 0.15) is 53.4 Å². The first-order valence-corrected chi connectivity index (χ1v) is 5.70. The molecule has 0 aromatic heterocycles. The van der Waals surface area contributed by atoms with Gasteiger partial charge in [-0.15, -0.1) is 0 Å². The molecule has 0 heteroatoms. The first-order valence-electron chi connectivity index (χ1n) is 5.70. The molecule has 4 unspecified atom stereocenters. The average Bonchev–Trinajstić information content (AvgIpc) is 2.82. The Kier molecular flexibility index (Phi) is 3.61. The summed E-state index contributed by atoms with van der Waals surface area (Å²) in [6.45, 7) is 9.52. The standard InChI is InChI=1S/C12H24/c1-5-7-9(3)10(4)12-8-11(12)6-2/h9-12H,5-8H2,1-4H3. The van der Waals surface area contributed by atoms with Crippen LogP contribution in [0.5, 0.6) is 0 Å². The molecule has 0 radical (unpaired) electrons. The largest absolute Gasteiger partial charge is 0.0654 e. The van der Waals surface area contributed by atoms with E-state index >= 15 is 0 Å². The molecular weight excluding hydrogens is 144 g/mol. The molecule has 0 N–H and O–H groups in total. The quantitative estimate of drug-likeness (QED) is 0.579. The molecule has 0 bridgehead atoms. The SMILES string of the molecule is CCCC(C)C(C)C1CC1CC. The fourth-order valence-corrected chi connectivity index (χ4v) is 2.52. The van der Waals surface area contributed by atoms with E-state index in [1.807, 2.05) is 0 Å². The lowest BCUT2D eigenvalue weighted by Crippen LogP contribution is -2.10. The Morgan fingerprint density at radius 2 is 1.92 bits per heavy atom. The topological polar surface area (TPSA) is 0 Å². The van der Waals surface area contributed by atoms with E-state index in [0.717, 1.165) is 23.7 Å². The molecule has 0 aromatic rings. The molecule has 0 amide bonds. The van der Waals surface area contributed by atoms with Crippen molar-refractivity contribution in [3.8, 4) is 0 Å². The zero-order chi connectivity index (χ0) is 9.14. The summed E-state index contributed by atoms with van der Waals surface area (Å²) >= 11 is 0. The van der Waals surface area contributed by atoms with Gasteiger partial charge in [0, 0.05) is 0 Å². The van der Waals surface area contributed by atoms with Gasteiger partial charge in [0.25, 0.3) is 0 Å². The van der Waals surface area contributed by atoms with Crippen LogP contribution in [-0.4, -0.2) is 0 Å². The molecule has 0 heterocycles. The second-order valence-corrected chi connectivity index (χ2v) is 4.69. The molecule has 1 aliphatic rings. The van der Waals surface area contributed by atoms with Crippen molar-refractivity contribution in [3.05, 3.63) is 0 Å². The summed E-state index contributed by atoms with van der Waals surface area (Å²) in [5, 5.41) is 0. The Balaban J connectivity index is 2.24. The maximum absolute atomic E-state index is 2.46. The third kappa shape index (κ3) is 2.24. The average molecular weight is 168 g/mol. The number of rotatable bonds is 5. The monoisotopic (exact) mass is 168 g/mol. The summed E-state index contributed by atoms with van der Waals surface area (Å²) < 4.78 is 0. The lowest BCUT2D eigenvalue weighted by atomic mass is 9.87. The first-order chi connectivity index (χ1) is 5.70. The molecule has 12 heavy (non-hydrogen) atoms. The van der Waals surface area contributed by atoms with Crippen LogP contribution >= 0.6 is 0 Å². The zero-order valence-electron chi connectivity index (χ0n) is 9.14. The van der Waals surface area contributed by atoms with Crippen LogP contribution in [0.25, 0.3) is 0 Å². The van der Waals surface area contributed by atoms with E-state index < -0.39 is 0 Å². The summed E-state index contributed by atoms with van der Waals surface area (Å²) in [6.07, 6.45) is 5.71. The van der Waals surface area contributed by atoms with Crippen molar-refractivity contribution in [1.82, 2.24) is 0 Å². The van der Waals surface area contributed by atoms with Gasteiger partial charge in [-0.1, -0.05) is 47.0 Å². The van der Waals surface area contributed by atoms with E-state index in [4.69, 9.17) is 0 Å². The Hall–Kier alpha value is 0. The van der Waals surface area contributed by atoms with Gasteiger partial charge in [0.1, 0.15) is 0 Å². The van der Waals surface area contributed by atoms with Crippen LogP contribution in [0.15, 0.2) is 0 Å². The molecule has 0 aliphatic heterocycles. The second-order valence-electron chi connectivity index (χ2n) is 4.69. The maximum Gasteiger partial charge on any atom is -0.0355 e. The zero-order valence-corrected chi connectivity index (χ0v) is 9.14. The van der Waals surface area contributed by atoms with Crippen LogP contribution in [0.4, 0.5) is 0 Å². The van der Waals surface area contributed by atoms with Crippen molar-refractivity contribution in [2.45, 2.75) is 53.4 Å².